The summed E-state index contributed by atoms with van der Waals surface area (Å²) in [6, 6.07) is 30.7. The summed E-state index contributed by atoms with van der Waals surface area (Å²) in [5.41, 5.74) is 2.72. The Balaban J connectivity index is 1.69. The third-order valence-electron chi connectivity index (χ3n) is 6.73. The maximum atomic E-state index is 13.3. The van der Waals surface area contributed by atoms with Gasteiger partial charge in [-0.1, -0.05) is 105 Å². The van der Waals surface area contributed by atoms with E-state index in [1.54, 1.807) is 0 Å². The Kier molecular flexibility index (Phi) is 7.13. The average Bonchev–Trinajstić information content (AvgIpc) is 3.67. The van der Waals surface area contributed by atoms with Crippen molar-refractivity contribution in [3.8, 4) is 0 Å². The Morgan fingerprint density at radius 1 is 0.882 bits per heavy atom. The van der Waals surface area contributed by atoms with Gasteiger partial charge in [-0.25, -0.2) is 0 Å². The highest BCUT2D eigenvalue weighted by molar-refractivity contribution is 5.86. The van der Waals surface area contributed by atoms with Gasteiger partial charge in [-0.15, -0.1) is 0 Å². The Morgan fingerprint density at radius 3 is 1.71 bits per heavy atom. The molecular formula is C29H32N2O3. The lowest BCUT2D eigenvalue weighted by atomic mass is 9.76. The van der Waals surface area contributed by atoms with Gasteiger partial charge in [0, 0.05) is 13.1 Å². The lowest BCUT2D eigenvalue weighted by molar-refractivity contribution is -0.146. The summed E-state index contributed by atoms with van der Waals surface area (Å²) in [7, 11) is 1.39. The van der Waals surface area contributed by atoms with Crippen LogP contribution in [0.2, 0.25) is 0 Å². The Bertz CT molecular complexity index is 1000. The summed E-state index contributed by atoms with van der Waals surface area (Å²) in [5.74, 6) is -0.666. The van der Waals surface area contributed by atoms with Gasteiger partial charge in [-0.3, -0.25) is 14.5 Å². The van der Waals surface area contributed by atoms with Crippen molar-refractivity contribution in [3.05, 3.63) is 108 Å². The molecule has 5 nitrogen and oxygen atoms in total. The van der Waals surface area contributed by atoms with Crippen LogP contribution in [-0.4, -0.2) is 43.0 Å². The number of benzene rings is 3. The number of hydrogen-bond donors (Lipinski definition) is 1. The van der Waals surface area contributed by atoms with Gasteiger partial charge in [-0.2, -0.15) is 0 Å². The van der Waals surface area contributed by atoms with E-state index in [1.165, 1.54) is 7.11 Å². The third-order valence-corrected chi connectivity index (χ3v) is 6.73. The van der Waals surface area contributed by atoms with Crippen LogP contribution in [0.5, 0.6) is 0 Å². The molecule has 34 heavy (non-hydrogen) atoms. The molecule has 0 aliphatic carbocycles. The monoisotopic (exact) mass is 456 g/mol. The molecule has 1 aliphatic rings. The lowest BCUT2D eigenvalue weighted by Crippen LogP contribution is -2.43. The van der Waals surface area contributed by atoms with Crippen molar-refractivity contribution in [2.45, 2.75) is 25.4 Å². The predicted molar refractivity (Wildman–Crippen MR) is 133 cm³/mol. The fourth-order valence-electron chi connectivity index (χ4n) is 4.84. The number of rotatable bonds is 9. The van der Waals surface area contributed by atoms with Crippen molar-refractivity contribution in [1.29, 1.82) is 0 Å². The largest absolute Gasteiger partial charge is 0.469 e. The fourth-order valence-corrected chi connectivity index (χ4v) is 4.84. The van der Waals surface area contributed by atoms with E-state index in [0.717, 1.165) is 16.7 Å². The second kappa shape index (κ2) is 10.2. The summed E-state index contributed by atoms with van der Waals surface area (Å²) in [4.78, 5) is 27.7. The Labute approximate surface area is 201 Å². The van der Waals surface area contributed by atoms with Crippen LogP contribution >= 0.6 is 0 Å². The summed E-state index contributed by atoms with van der Waals surface area (Å²) < 4.78 is 4.93. The van der Waals surface area contributed by atoms with Crippen LogP contribution in [0.4, 0.5) is 0 Å². The maximum Gasteiger partial charge on any atom is 0.310 e. The Morgan fingerprint density at radius 2 is 1.32 bits per heavy atom. The molecule has 4 rings (SSSR count). The van der Waals surface area contributed by atoms with E-state index in [4.69, 9.17) is 4.74 Å². The van der Waals surface area contributed by atoms with Crippen LogP contribution < -0.4 is 5.32 Å². The van der Waals surface area contributed by atoms with E-state index in [9.17, 15) is 9.59 Å². The zero-order valence-corrected chi connectivity index (χ0v) is 20.0. The molecule has 3 aromatic carbocycles. The maximum absolute atomic E-state index is 13.3. The second-order valence-electron chi connectivity index (χ2n) is 9.10. The van der Waals surface area contributed by atoms with Gasteiger partial charge in [0.15, 0.2) is 0 Å². The molecule has 1 unspecified atom stereocenters. The summed E-state index contributed by atoms with van der Waals surface area (Å²) >= 11 is 0. The van der Waals surface area contributed by atoms with Crippen LogP contribution in [0, 0.1) is 11.8 Å². The first kappa shape index (κ1) is 23.7. The van der Waals surface area contributed by atoms with Crippen LogP contribution in [0.1, 0.15) is 30.5 Å². The standard InChI is InChI=1S/C29H32N2O3/c1-21(2)25(28(33)34-3)19-30-27(32)26-20-31(26)29(22-13-7-4-8-14-22,23-15-9-5-10-16-23)24-17-11-6-12-18-24/h4-18,21,25-26H,19-20H2,1-3H3,(H,30,32)/t25-,26?,31-/m0/s1. The van der Waals surface area contributed by atoms with Crippen molar-refractivity contribution in [2.75, 3.05) is 20.2 Å². The minimum absolute atomic E-state index is 0.0679. The van der Waals surface area contributed by atoms with Crippen molar-refractivity contribution in [1.82, 2.24) is 10.2 Å². The quantitative estimate of drug-likeness (QED) is 0.298. The molecule has 1 fully saturated rings. The van der Waals surface area contributed by atoms with Crippen LogP contribution in [0.15, 0.2) is 91.0 Å². The molecular weight excluding hydrogens is 424 g/mol. The second-order valence-corrected chi connectivity index (χ2v) is 9.10. The van der Waals surface area contributed by atoms with E-state index in [0.29, 0.717) is 6.54 Å². The summed E-state index contributed by atoms with van der Waals surface area (Å²) in [6.07, 6.45) is 0. The zero-order chi connectivity index (χ0) is 24.1. The number of esters is 1. The molecule has 1 N–H and O–H groups in total. The van der Waals surface area contributed by atoms with Gasteiger partial charge in [0.25, 0.3) is 0 Å². The SMILES string of the molecule is COC(=O)[C@@H](CNC(=O)C1C[N@]1C(c1ccccc1)(c1ccccc1)c1ccccc1)C(C)C. The van der Waals surface area contributed by atoms with Crippen LogP contribution in [0.3, 0.4) is 0 Å². The van der Waals surface area contributed by atoms with Crippen molar-refractivity contribution < 1.29 is 14.3 Å². The molecule has 1 saturated heterocycles. The van der Waals surface area contributed by atoms with Gasteiger partial charge >= 0.3 is 5.97 Å². The van der Waals surface area contributed by atoms with Crippen LogP contribution in [-0.2, 0) is 19.9 Å². The molecule has 0 saturated carbocycles. The highest BCUT2D eigenvalue weighted by Crippen LogP contribution is 2.48. The minimum Gasteiger partial charge on any atom is -0.469 e. The van der Waals surface area contributed by atoms with E-state index in [-0.39, 0.29) is 36.3 Å². The number of nitrogens with zero attached hydrogens (tertiary/aromatic N) is 1. The van der Waals surface area contributed by atoms with Crippen molar-refractivity contribution in [3.63, 3.8) is 0 Å². The lowest BCUT2D eigenvalue weighted by Gasteiger charge is -2.38. The van der Waals surface area contributed by atoms with Crippen molar-refractivity contribution in [2.24, 2.45) is 11.8 Å². The molecule has 0 radical (unpaired) electrons. The topological polar surface area (TPSA) is 58.4 Å². The molecule has 176 valence electrons. The van der Waals surface area contributed by atoms with E-state index >= 15 is 0 Å². The Hall–Kier alpha value is -3.44. The first-order valence-electron chi connectivity index (χ1n) is 11.8. The van der Waals surface area contributed by atoms with E-state index in [1.807, 2.05) is 68.4 Å². The normalized spacial score (nSPS) is 18.2. The molecule has 3 aromatic rings. The summed E-state index contributed by atoms with van der Waals surface area (Å²) in [6.45, 7) is 4.81. The molecule has 0 bridgehead atoms. The first-order chi connectivity index (χ1) is 16.5. The molecule has 1 amide bonds. The smallest absolute Gasteiger partial charge is 0.310 e. The van der Waals surface area contributed by atoms with E-state index in [2.05, 4.69) is 46.6 Å². The number of carbonyl (C=O) groups is 2. The van der Waals surface area contributed by atoms with E-state index < -0.39 is 5.54 Å². The number of methoxy groups -OCH3 is 1. The predicted octanol–water partition coefficient (Wildman–Crippen LogP) is 4.22. The molecule has 0 spiro atoms. The van der Waals surface area contributed by atoms with Crippen LogP contribution in [0.25, 0.3) is 0 Å². The number of carbonyl (C=O) groups excluding carboxylic acids is 2. The van der Waals surface area contributed by atoms with Gasteiger partial charge in [0.05, 0.1) is 18.6 Å². The molecule has 5 heteroatoms. The summed E-state index contributed by atoms with van der Waals surface area (Å²) in [5, 5.41) is 3.02. The number of hydrogen-bond acceptors (Lipinski definition) is 4. The minimum atomic E-state index is -0.606. The number of nitrogens with one attached hydrogen (secondary N) is 1. The third kappa shape index (κ3) is 4.48. The highest BCUT2D eigenvalue weighted by atomic mass is 16.5. The van der Waals surface area contributed by atoms with Gasteiger partial charge < -0.3 is 10.1 Å². The van der Waals surface area contributed by atoms with Gasteiger partial charge in [-0.05, 0) is 22.6 Å². The first-order valence-corrected chi connectivity index (χ1v) is 11.8. The van der Waals surface area contributed by atoms with Gasteiger partial charge in [0.2, 0.25) is 5.91 Å². The highest BCUT2D eigenvalue weighted by Gasteiger charge is 2.55. The molecule has 0 aromatic heterocycles. The number of ether oxygens (including phenoxy) is 1. The van der Waals surface area contributed by atoms with Crippen molar-refractivity contribution >= 4 is 11.9 Å². The van der Waals surface area contributed by atoms with Gasteiger partial charge in [0.1, 0.15) is 6.04 Å². The molecule has 1 heterocycles. The molecule has 3 atom stereocenters. The fraction of sp³-hybridized carbons (Fsp3) is 0.310. The molecule has 1 aliphatic heterocycles. The zero-order valence-electron chi connectivity index (χ0n) is 20.0. The average molecular weight is 457 g/mol. The number of amides is 1.